The fraction of sp³-hybridized carbons (Fsp3) is 0.917. The van der Waals surface area contributed by atoms with E-state index in [4.69, 9.17) is 4.74 Å². The van der Waals surface area contributed by atoms with Gasteiger partial charge >= 0.3 is 0 Å². The topological polar surface area (TPSA) is 50.4 Å². The van der Waals surface area contributed by atoms with Crippen molar-refractivity contribution in [3.05, 3.63) is 0 Å². The molecule has 0 heterocycles. The Morgan fingerprint density at radius 1 is 1.44 bits per heavy atom. The van der Waals surface area contributed by atoms with Gasteiger partial charge in [-0.25, -0.2) is 0 Å². The Morgan fingerprint density at radius 2 is 2.25 bits per heavy atom. The zero-order chi connectivity index (χ0) is 11.8. The van der Waals surface area contributed by atoms with Crippen molar-refractivity contribution in [2.45, 2.75) is 26.2 Å². The number of rotatable bonds is 7. The molecule has 94 valence electrons. The molecular weight excluding hydrogens is 204 g/mol. The SMILES string of the molecule is COCCNC(=O)CNCC1CCCC1C. The number of hydrogen-bond acceptors (Lipinski definition) is 3. The zero-order valence-electron chi connectivity index (χ0n) is 10.4. The van der Waals surface area contributed by atoms with Gasteiger partial charge in [-0.3, -0.25) is 4.79 Å². The standard InChI is InChI=1S/C12H24N2O2/c1-10-4-3-5-11(10)8-13-9-12(15)14-6-7-16-2/h10-11,13H,3-9H2,1-2H3,(H,14,15). The molecule has 0 spiro atoms. The maximum Gasteiger partial charge on any atom is 0.234 e. The highest BCUT2D eigenvalue weighted by molar-refractivity contribution is 5.77. The number of carbonyl (C=O) groups is 1. The van der Waals surface area contributed by atoms with Crippen LogP contribution in [-0.2, 0) is 9.53 Å². The van der Waals surface area contributed by atoms with Crippen LogP contribution in [0.2, 0.25) is 0 Å². The second kappa shape index (κ2) is 7.63. The van der Waals surface area contributed by atoms with Crippen LogP contribution in [0.15, 0.2) is 0 Å². The van der Waals surface area contributed by atoms with Gasteiger partial charge < -0.3 is 15.4 Å². The highest BCUT2D eigenvalue weighted by Crippen LogP contribution is 2.30. The third kappa shape index (κ3) is 4.94. The van der Waals surface area contributed by atoms with Gasteiger partial charge in [0.25, 0.3) is 0 Å². The number of nitrogens with one attached hydrogen (secondary N) is 2. The van der Waals surface area contributed by atoms with Gasteiger partial charge in [-0.05, 0) is 24.8 Å². The molecule has 1 aliphatic carbocycles. The predicted molar refractivity (Wildman–Crippen MR) is 64.3 cm³/mol. The average molecular weight is 228 g/mol. The summed E-state index contributed by atoms with van der Waals surface area (Å²) in [5, 5.41) is 6.03. The molecule has 1 aliphatic rings. The van der Waals surface area contributed by atoms with Crippen molar-refractivity contribution in [1.82, 2.24) is 10.6 Å². The third-order valence-electron chi connectivity index (χ3n) is 3.36. The summed E-state index contributed by atoms with van der Waals surface area (Å²) in [6, 6.07) is 0. The Kier molecular flexibility index (Phi) is 6.42. The Balaban J connectivity index is 1.99. The average Bonchev–Trinajstić information content (AvgIpc) is 2.65. The minimum atomic E-state index is 0.0581. The normalized spacial score (nSPS) is 24.6. The van der Waals surface area contributed by atoms with Crippen molar-refractivity contribution in [3.63, 3.8) is 0 Å². The van der Waals surface area contributed by atoms with Crippen molar-refractivity contribution in [3.8, 4) is 0 Å². The van der Waals surface area contributed by atoms with Gasteiger partial charge in [-0.2, -0.15) is 0 Å². The summed E-state index contributed by atoms with van der Waals surface area (Å²) in [6.45, 7) is 4.87. The van der Waals surface area contributed by atoms with Crippen molar-refractivity contribution in [1.29, 1.82) is 0 Å². The second-order valence-electron chi connectivity index (χ2n) is 4.64. The van der Waals surface area contributed by atoms with Gasteiger partial charge in [0.15, 0.2) is 0 Å². The summed E-state index contributed by atoms with van der Waals surface area (Å²) in [5.41, 5.74) is 0. The van der Waals surface area contributed by atoms with Gasteiger partial charge in [-0.15, -0.1) is 0 Å². The monoisotopic (exact) mass is 228 g/mol. The first-order chi connectivity index (χ1) is 7.74. The quantitative estimate of drug-likeness (QED) is 0.633. The maximum absolute atomic E-state index is 11.3. The fourth-order valence-electron chi connectivity index (χ4n) is 2.25. The maximum atomic E-state index is 11.3. The van der Waals surface area contributed by atoms with Crippen molar-refractivity contribution >= 4 is 5.91 Å². The number of methoxy groups -OCH3 is 1. The minimum Gasteiger partial charge on any atom is -0.383 e. The van der Waals surface area contributed by atoms with Crippen LogP contribution in [0.3, 0.4) is 0 Å². The molecule has 4 heteroatoms. The van der Waals surface area contributed by atoms with Crippen molar-refractivity contribution < 1.29 is 9.53 Å². The largest absolute Gasteiger partial charge is 0.383 e. The summed E-state index contributed by atoms with van der Waals surface area (Å²) in [6.07, 6.45) is 3.99. The third-order valence-corrected chi connectivity index (χ3v) is 3.36. The first-order valence-electron chi connectivity index (χ1n) is 6.20. The van der Waals surface area contributed by atoms with Crippen LogP contribution in [0.4, 0.5) is 0 Å². The van der Waals surface area contributed by atoms with Crippen LogP contribution in [0.5, 0.6) is 0 Å². The van der Waals surface area contributed by atoms with Crippen LogP contribution in [-0.4, -0.2) is 39.3 Å². The van der Waals surface area contributed by atoms with Crippen LogP contribution in [0, 0.1) is 11.8 Å². The molecule has 4 nitrogen and oxygen atoms in total. The van der Waals surface area contributed by atoms with E-state index in [1.807, 2.05) is 0 Å². The Hall–Kier alpha value is -0.610. The molecule has 2 atom stereocenters. The van der Waals surface area contributed by atoms with Gasteiger partial charge in [-0.1, -0.05) is 19.8 Å². The van der Waals surface area contributed by atoms with E-state index in [2.05, 4.69) is 17.6 Å². The molecule has 0 aromatic carbocycles. The van der Waals surface area contributed by atoms with Crippen LogP contribution < -0.4 is 10.6 Å². The van der Waals surface area contributed by atoms with Gasteiger partial charge in [0.1, 0.15) is 0 Å². The Labute approximate surface area is 98.1 Å². The molecule has 0 bridgehead atoms. The molecule has 0 aliphatic heterocycles. The van der Waals surface area contributed by atoms with E-state index < -0.39 is 0 Å². The molecule has 0 radical (unpaired) electrons. The summed E-state index contributed by atoms with van der Waals surface area (Å²) in [4.78, 5) is 11.3. The molecular formula is C12H24N2O2. The van der Waals surface area contributed by atoms with E-state index in [9.17, 15) is 4.79 Å². The number of carbonyl (C=O) groups excluding carboxylic acids is 1. The fourth-order valence-corrected chi connectivity index (χ4v) is 2.25. The Morgan fingerprint density at radius 3 is 2.88 bits per heavy atom. The molecule has 1 rings (SSSR count). The van der Waals surface area contributed by atoms with Crippen LogP contribution in [0.25, 0.3) is 0 Å². The van der Waals surface area contributed by atoms with E-state index in [1.165, 1.54) is 19.3 Å². The molecule has 0 saturated heterocycles. The molecule has 2 unspecified atom stereocenters. The molecule has 2 N–H and O–H groups in total. The first kappa shape index (κ1) is 13.5. The molecule has 0 aromatic heterocycles. The number of ether oxygens (including phenoxy) is 1. The van der Waals surface area contributed by atoms with Crippen LogP contribution >= 0.6 is 0 Å². The number of amides is 1. The first-order valence-corrected chi connectivity index (χ1v) is 6.20. The van der Waals surface area contributed by atoms with Gasteiger partial charge in [0.05, 0.1) is 13.2 Å². The van der Waals surface area contributed by atoms with E-state index in [-0.39, 0.29) is 5.91 Å². The smallest absolute Gasteiger partial charge is 0.234 e. The lowest BCUT2D eigenvalue weighted by molar-refractivity contribution is -0.120. The molecule has 16 heavy (non-hydrogen) atoms. The lowest BCUT2D eigenvalue weighted by Gasteiger charge is -2.15. The molecule has 1 saturated carbocycles. The second-order valence-corrected chi connectivity index (χ2v) is 4.64. The summed E-state index contributed by atoms with van der Waals surface area (Å²) < 4.78 is 4.86. The Bertz CT molecular complexity index is 209. The zero-order valence-corrected chi connectivity index (χ0v) is 10.4. The van der Waals surface area contributed by atoms with E-state index in [1.54, 1.807) is 7.11 Å². The van der Waals surface area contributed by atoms with Gasteiger partial charge in [0.2, 0.25) is 5.91 Å². The number of hydrogen-bond donors (Lipinski definition) is 2. The molecule has 0 aromatic rings. The minimum absolute atomic E-state index is 0.0581. The highest BCUT2D eigenvalue weighted by Gasteiger charge is 2.22. The van der Waals surface area contributed by atoms with Crippen molar-refractivity contribution in [2.24, 2.45) is 11.8 Å². The lowest BCUT2D eigenvalue weighted by Crippen LogP contribution is -2.37. The van der Waals surface area contributed by atoms with Gasteiger partial charge in [0, 0.05) is 13.7 Å². The molecule has 1 amide bonds. The van der Waals surface area contributed by atoms with E-state index in [0.717, 1.165) is 18.4 Å². The molecule has 1 fully saturated rings. The lowest BCUT2D eigenvalue weighted by atomic mass is 9.98. The predicted octanol–water partition coefficient (Wildman–Crippen LogP) is 0.775. The highest BCUT2D eigenvalue weighted by atomic mass is 16.5. The van der Waals surface area contributed by atoms with E-state index >= 15 is 0 Å². The summed E-state index contributed by atoms with van der Waals surface area (Å²) in [7, 11) is 1.63. The summed E-state index contributed by atoms with van der Waals surface area (Å²) >= 11 is 0. The van der Waals surface area contributed by atoms with Crippen LogP contribution in [0.1, 0.15) is 26.2 Å². The van der Waals surface area contributed by atoms with Crippen molar-refractivity contribution in [2.75, 3.05) is 33.4 Å². The van der Waals surface area contributed by atoms with E-state index in [0.29, 0.717) is 19.7 Å². The summed E-state index contributed by atoms with van der Waals surface area (Å²) in [5.74, 6) is 1.62.